The van der Waals surface area contributed by atoms with Crippen molar-refractivity contribution < 1.29 is 4.57 Å². The molecular weight excluding hydrogens is 270 g/mol. The van der Waals surface area contributed by atoms with Gasteiger partial charge in [0, 0.05) is 16.9 Å². The van der Waals surface area contributed by atoms with Crippen molar-refractivity contribution >= 4 is 25.7 Å². The first-order valence-electron chi connectivity index (χ1n) is 6.78. The van der Waals surface area contributed by atoms with Crippen molar-refractivity contribution in [1.29, 1.82) is 0 Å². The maximum Gasteiger partial charge on any atom is 0.123 e. The number of hydrogen-bond donors (Lipinski definition) is 0. The molecule has 4 rings (SSSR count). The van der Waals surface area contributed by atoms with Crippen LogP contribution in [0.3, 0.4) is 0 Å². The van der Waals surface area contributed by atoms with Crippen LogP contribution in [0.1, 0.15) is 6.42 Å². The van der Waals surface area contributed by atoms with Crippen LogP contribution in [0.15, 0.2) is 60.7 Å². The Morgan fingerprint density at radius 2 is 1.58 bits per heavy atom. The monoisotopic (exact) mass is 286 g/mol. The Hall–Kier alpha value is -0.900. The van der Waals surface area contributed by atoms with Gasteiger partial charge in [0.15, 0.2) is 0 Å². The normalized spacial score (nSPS) is 35.9. The second-order valence-corrected chi connectivity index (χ2v) is 11.4. The summed E-state index contributed by atoms with van der Waals surface area (Å²) in [6, 6.07) is 20.9. The second-order valence-electron chi connectivity index (χ2n) is 5.37. The van der Waals surface area contributed by atoms with Crippen LogP contribution < -0.4 is 10.6 Å². The average Bonchev–Trinajstić information content (AvgIpc) is 3.12. The average molecular weight is 286 g/mol. The van der Waals surface area contributed by atoms with E-state index in [0.717, 1.165) is 23.5 Å². The third-order valence-corrected chi connectivity index (χ3v) is 12.5. The second kappa shape index (κ2) is 4.30. The van der Waals surface area contributed by atoms with E-state index < -0.39 is 7.14 Å². The molecule has 2 aliphatic heterocycles. The minimum atomic E-state index is -2.13. The molecular formula is C16H16OP2. The Kier molecular flexibility index (Phi) is 2.69. The van der Waals surface area contributed by atoms with Gasteiger partial charge in [0.2, 0.25) is 0 Å². The molecule has 0 bridgehead atoms. The van der Waals surface area contributed by atoms with Crippen molar-refractivity contribution in [3.8, 4) is 0 Å². The molecule has 4 unspecified atom stereocenters. The molecule has 0 aliphatic carbocycles. The van der Waals surface area contributed by atoms with Crippen LogP contribution in [0.5, 0.6) is 0 Å². The molecule has 2 aromatic rings. The Balaban J connectivity index is 1.70. The van der Waals surface area contributed by atoms with Gasteiger partial charge < -0.3 is 4.57 Å². The summed E-state index contributed by atoms with van der Waals surface area (Å²) in [7, 11) is -2.29. The highest BCUT2D eigenvalue weighted by molar-refractivity contribution is 7.93. The van der Waals surface area contributed by atoms with Crippen molar-refractivity contribution in [3.63, 3.8) is 0 Å². The standard InChI is InChI=1S/C16H16OP2/c17-19(14-9-5-2-6-10-14)12-11-15-16(19)18(15)13-7-3-1-4-8-13/h1-10,15-16H,11-12H2. The number of rotatable bonds is 2. The summed E-state index contributed by atoms with van der Waals surface area (Å²) in [6.45, 7) is 0. The Labute approximate surface area is 115 Å². The first-order chi connectivity index (χ1) is 9.31. The maximum absolute atomic E-state index is 13.4. The molecule has 2 saturated heterocycles. The molecule has 96 valence electrons. The molecule has 2 aromatic carbocycles. The van der Waals surface area contributed by atoms with E-state index in [9.17, 15) is 4.57 Å². The van der Waals surface area contributed by atoms with E-state index in [-0.39, 0.29) is 7.92 Å². The predicted molar refractivity (Wildman–Crippen MR) is 83.7 cm³/mol. The molecule has 0 aromatic heterocycles. The van der Waals surface area contributed by atoms with E-state index in [1.54, 1.807) is 0 Å². The highest BCUT2D eigenvalue weighted by Gasteiger charge is 2.64. The lowest BCUT2D eigenvalue weighted by Gasteiger charge is -2.16. The van der Waals surface area contributed by atoms with Gasteiger partial charge in [0.1, 0.15) is 7.14 Å². The zero-order valence-corrected chi connectivity index (χ0v) is 12.4. The molecule has 1 nitrogen and oxygen atoms in total. The molecule has 0 amide bonds. The highest BCUT2D eigenvalue weighted by atomic mass is 31.2. The molecule has 0 spiro atoms. The number of benzene rings is 2. The summed E-state index contributed by atoms with van der Waals surface area (Å²) >= 11 is 0. The molecule has 0 radical (unpaired) electrons. The van der Waals surface area contributed by atoms with Gasteiger partial charge in [-0.15, -0.1) is 0 Å². The van der Waals surface area contributed by atoms with Crippen LogP contribution in [0.2, 0.25) is 0 Å². The smallest absolute Gasteiger partial charge is 0.123 e. The van der Waals surface area contributed by atoms with E-state index in [2.05, 4.69) is 42.5 Å². The summed E-state index contributed by atoms with van der Waals surface area (Å²) in [5, 5.41) is 3.04. The SMILES string of the molecule is O=P1(c2ccccc2)CCC2C1P2c1ccccc1. The first kappa shape index (κ1) is 11.9. The highest BCUT2D eigenvalue weighted by Crippen LogP contribution is 2.85. The third-order valence-electron chi connectivity index (χ3n) is 4.33. The van der Waals surface area contributed by atoms with Crippen LogP contribution in [-0.4, -0.2) is 17.2 Å². The fourth-order valence-corrected chi connectivity index (χ4v) is 13.1. The lowest BCUT2D eigenvalue weighted by atomic mass is 10.4. The van der Waals surface area contributed by atoms with Gasteiger partial charge in [-0.05, 0) is 17.4 Å². The topological polar surface area (TPSA) is 17.1 Å². The number of fused-ring (bicyclic) bond motifs is 1. The number of hydrogen-bond acceptors (Lipinski definition) is 1. The van der Waals surface area contributed by atoms with Crippen LogP contribution in [0.4, 0.5) is 0 Å². The van der Waals surface area contributed by atoms with Gasteiger partial charge in [-0.1, -0.05) is 68.6 Å². The molecule has 0 N–H and O–H groups in total. The van der Waals surface area contributed by atoms with E-state index in [1.807, 2.05) is 18.2 Å². The summed E-state index contributed by atoms with van der Waals surface area (Å²) in [5.41, 5.74) is 0.725. The summed E-state index contributed by atoms with van der Waals surface area (Å²) in [5.74, 6) is 0. The lowest BCUT2D eigenvalue weighted by molar-refractivity contribution is 0.584. The van der Waals surface area contributed by atoms with Crippen LogP contribution in [-0.2, 0) is 4.57 Å². The summed E-state index contributed by atoms with van der Waals surface area (Å²) < 4.78 is 13.4. The van der Waals surface area contributed by atoms with Gasteiger partial charge in [-0.3, -0.25) is 0 Å². The first-order valence-corrected chi connectivity index (χ1v) is 10.2. The van der Waals surface area contributed by atoms with E-state index >= 15 is 0 Å². The zero-order chi connectivity index (χ0) is 12.9. The van der Waals surface area contributed by atoms with Crippen LogP contribution in [0, 0.1) is 0 Å². The van der Waals surface area contributed by atoms with E-state index in [4.69, 9.17) is 0 Å². The van der Waals surface area contributed by atoms with Crippen LogP contribution in [0.25, 0.3) is 0 Å². The quantitative estimate of drug-likeness (QED) is 0.771. The van der Waals surface area contributed by atoms with Gasteiger partial charge in [-0.2, -0.15) is 0 Å². The molecule has 19 heavy (non-hydrogen) atoms. The van der Waals surface area contributed by atoms with Gasteiger partial charge in [0.05, 0.1) is 0 Å². The van der Waals surface area contributed by atoms with Gasteiger partial charge >= 0.3 is 0 Å². The lowest BCUT2D eigenvalue weighted by Crippen LogP contribution is -2.08. The van der Waals surface area contributed by atoms with Crippen LogP contribution >= 0.6 is 15.1 Å². The minimum Gasteiger partial charge on any atom is -0.318 e. The van der Waals surface area contributed by atoms with Crippen molar-refractivity contribution in [2.24, 2.45) is 0 Å². The van der Waals surface area contributed by atoms with Gasteiger partial charge in [0.25, 0.3) is 0 Å². The Morgan fingerprint density at radius 1 is 0.947 bits per heavy atom. The zero-order valence-electron chi connectivity index (χ0n) is 10.6. The van der Waals surface area contributed by atoms with Crippen molar-refractivity contribution in [2.45, 2.75) is 17.5 Å². The molecule has 2 heterocycles. The fraction of sp³-hybridized carbons (Fsp3) is 0.250. The maximum atomic E-state index is 13.4. The van der Waals surface area contributed by atoms with Crippen molar-refractivity contribution in [1.82, 2.24) is 0 Å². The molecule has 4 atom stereocenters. The summed E-state index contributed by atoms with van der Waals surface area (Å²) in [4.78, 5) is 0. The van der Waals surface area contributed by atoms with Crippen molar-refractivity contribution in [3.05, 3.63) is 60.7 Å². The molecule has 3 heteroatoms. The van der Waals surface area contributed by atoms with E-state index in [1.165, 1.54) is 5.30 Å². The molecule has 2 fully saturated rings. The predicted octanol–water partition coefficient (Wildman–Crippen LogP) is 3.59. The van der Waals surface area contributed by atoms with Crippen molar-refractivity contribution in [2.75, 3.05) is 6.16 Å². The fourth-order valence-electron chi connectivity index (χ4n) is 3.40. The Morgan fingerprint density at radius 3 is 2.26 bits per heavy atom. The van der Waals surface area contributed by atoms with E-state index in [0.29, 0.717) is 5.40 Å². The third kappa shape index (κ3) is 1.76. The molecule has 0 saturated carbocycles. The van der Waals surface area contributed by atoms with Gasteiger partial charge in [-0.25, -0.2) is 0 Å². The summed E-state index contributed by atoms with van der Waals surface area (Å²) in [6.07, 6.45) is 2.09. The minimum absolute atomic E-state index is 0.158. The Bertz CT molecular complexity index is 638. The largest absolute Gasteiger partial charge is 0.318 e. The molecule has 2 aliphatic rings.